The summed E-state index contributed by atoms with van der Waals surface area (Å²) in [5.41, 5.74) is 4.31. The van der Waals surface area contributed by atoms with Gasteiger partial charge in [-0.1, -0.05) is 29.8 Å². The van der Waals surface area contributed by atoms with Gasteiger partial charge in [0.2, 0.25) is 0 Å². The maximum absolute atomic E-state index is 13.0. The maximum Gasteiger partial charge on any atom is 0.260 e. The van der Waals surface area contributed by atoms with E-state index in [1.165, 1.54) is 5.56 Å². The van der Waals surface area contributed by atoms with Gasteiger partial charge in [-0.25, -0.2) is 4.98 Å². The van der Waals surface area contributed by atoms with Crippen LogP contribution in [0.25, 0.3) is 21.3 Å². The molecule has 0 atom stereocenters. The summed E-state index contributed by atoms with van der Waals surface area (Å²) in [6.45, 7) is 8.32. The smallest absolute Gasteiger partial charge is 0.260 e. The number of hydrogen-bond acceptors (Lipinski definition) is 6. The molecule has 1 aliphatic rings. The summed E-state index contributed by atoms with van der Waals surface area (Å²) in [5, 5.41) is 10.2. The zero-order chi connectivity index (χ0) is 22.2. The number of aromatic nitrogens is 2. The van der Waals surface area contributed by atoms with Crippen molar-refractivity contribution in [3.63, 3.8) is 0 Å². The molecule has 0 saturated carbocycles. The van der Waals surface area contributed by atoms with Crippen LogP contribution in [0.1, 0.15) is 16.3 Å². The second kappa shape index (κ2) is 8.41. The Labute approximate surface area is 190 Å². The molecule has 0 amide bonds. The van der Waals surface area contributed by atoms with E-state index in [0.717, 1.165) is 58.5 Å². The van der Waals surface area contributed by atoms with Gasteiger partial charge < -0.3 is 15.0 Å². The number of thiophene rings is 1. The lowest BCUT2D eigenvalue weighted by molar-refractivity contribution is 0.244. The van der Waals surface area contributed by atoms with Gasteiger partial charge in [0.25, 0.3) is 5.56 Å². The van der Waals surface area contributed by atoms with Gasteiger partial charge in [-0.3, -0.25) is 9.69 Å². The maximum atomic E-state index is 13.0. The summed E-state index contributed by atoms with van der Waals surface area (Å²) in [5.74, 6) is 1.00. The van der Waals surface area contributed by atoms with Crippen LogP contribution in [0.2, 0.25) is 0 Å². The quantitative estimate of drug-likeness (QED) is 0.489. The van der Waals surface area contributed by atoms with E-state index in [1.807, 2.05) is 12.1 Å². The Balaban J connectivity index is 1.34. The Kier molecular flexibility index (Phi) is 5.45. The molecule has 1 saturated heterocycles. The molecule has 1 fully saturated rings. The number of nitrogens with one attached hydrogen (secondary N) is 1. The first-order chi connectivity index (χ1) is 15.5. The van der Waals surface area contributed by atoms with E-state index in [4.69, 9.17) is 4.98 Å². The third kappa shape index (κ3) is 4.01. The number of phenols is 1. The van der Waals surface area contributed by atoms with Gasteiger partial charge in [0, 0.05) is 42.3 Å². The van der Waals surface area contributed by atoms with Gasteiger partial charge in [0.15, 0.2) is 0 Å². The monoisotopic (exact) mass is 446 g/mol. The first-order valence-electron chi connectivity index (χ1n) is 10.8. The SMILES string of the molecule is Cc1ccc(-c2c(C)sc3nc(CN4CCN(c5ccc(O)cc5)CC4)[nH]c(=O)c23)cc1. The van der Waals surface area contributed by atoms with Crippen molar-refractivity contribution in [3.05, 3.63) is 75.1 Å². The summed E-state index contributed by atoms with van der Waals surface area (Å²) in [4.78, 5) is 27.5. The fourth-order valence-electron chi connectivity index (χ4n) is 4.35. The zero-order valence-corrected chi connectivity index (χ0v) is 19.1. The Morgan fingerprint density at radius 2 is 1.69 bits per heavy atom. The number of aromatic hydroxyl groups is 1. The standard InChI is InChI=1S/C25H26N4O2S/c1-16-3-5-18(6-4-16)22-17(2)32-25-23(22)24(31)26-21(27-25)15-28-11-13-29(14-12-28)19-7-9-20(30)10-8-19/h3-10,30H,11-15H2,1-2H3,(H,26,27,31). The molecule has 0 unspecified atom stereocenters. The minimum absolute atomic E-state index is 0.0624. The van der Waals surface area contributed by atoms with Crippen LogP contribution in [0.15, 0.2) is 53.3 Å². The molecular weight excluding hydrogens is 420 g/mol. The molecule has 4 aromatic rings. The molecule has 2 aromatic carbocycles. The van der Waals surface area contributed by atoms with Crippen LogP contribution in [-0.4, -0.2) is 46.2 Å². The highest BCUT2D eigenvalue weighted by molar-refractivity contribution is 7.19. The van der Waals surface area contributed by atoms with Crippen LogP contribution in [0, 0.1) is 13.8 Å². The molecule has 0 aliphatic carbocycles. The number of fused-ring (bicyclic) bond motifs is 1. The number of phenolic OH excluding ortho intramolecular Hbond substituents is 1. The molecule has 2 N–H and O–H groups in total. The van der Waals surface area contributed by atoms with Crippen molar-refractivity contribution in [3.8, 4) is 16.9 Å². The lowest BCUT2D eigenvalue weighted by atomic mass is 10.0. The zero-order valence-electron chi connectivity index (χ0n) is 18.3. The molecule has 32 heavy (non-hydrogen) atoms. The first kappa shape index (κ1) is 20.7. The van der Waals surface area contributed by atoms with E-state index in [-0.39, 0.29) is 11.3 Å². The van der Waals surface area contributed by atoms with Crippen molar-refractivity contribution in [2.45, 2.75) is 20.4 Å². The summed E-state index contributed by atoms with van der Waals surface area (Å²) < 4.78 is 0. The second-order valence-electron chi connectivity index (χ2n) is 8.37. The van der Waals surface area contributed by atoms with E-state index in [9.17, 15) is 9.90 Å². The topological polar surface area (TPSA) is 72.5 Å². The Bertz CT molecular complexity index is 1300. The van der Waals surface area contributed by atoms with Crippen molar-refractivity contribution >= 4 is 27.2 Å². The van der Waals surface area contributed by atoms with E-state index in [1.54, 1.807) is 23.5 Å². The average Bonchev–Trinajstić information content (AvgIpc) is 3.12. The molecule has 5 rings (SSSR count). The average molecular weight is 447 g/mol. The number of nitrogens with zero attached hydrogens (tertiary/aromatic N) is 3. The number of piperazine rings is 1. The van der Waals surface area contributed by atoms with Crippen molar-refractivity contribution < 1.29 is 5.11 Å². The number of aryl methyl sites for hydroxylation is 2. The Morgan fingerprint density at radius 1 is 1.00 bits per heavy atom. The van der Waals surface area contributed by atoms with Crippen LogP contribution >= 0.6 is 11.3 Å². The number of benzene rings is 2. The molecule has 164 valence electrons. The molecule has 1 aliphatic heterocycles. The van der Waals surface area contributed by atoms with Crippen LogP contribution in [0.3, 0.4) is 0 Å². The van der Waals surface area contributed by atoms with Gasteiger partial charge in [0.1, 0.15) is 16.4 Å². The van der Waals surface area contributed by atoms with Crippen LogP contribution in [-0.2, 0) is 6.54 Å². The van der Waals surface area contributed by atoms with Crippen molar-refractivity contribution in [2.24, 2.45) is 0 Å². The van der Waals surface area contributed by atoms with Gasteiger partial charge >= 0.3 is 0 Å². The number of rotatable bonds is 4. The van der Waals surface area contributed by atoms with E-state index in [2.05, 4.69) is 52.9 Å². The van der Waals surface area contributed by atoms with Crippen molar-refractivity contribution in [1.82, 2.24) is 14.9 Å². The first-order valence-corrected chi connectivity index (χ1v) is 11.7. The molecule has 6 nitrogen and oxygen atoms in total. The van der Waals surface area contributed by atoms with Gasteiger partial charge in [-0.05, 0) is 43.7 Å². The van der Waals surface area contributed by atoms with Crippen molar-refractivity contribution in [1.29, 1.82) is 0 Å². The van der Waals surface area contributed by atoms with E-state index in [0.29, 0.717) is 11.9 Å². The number of anilines is 1. The second-order valence-corrected chi connectivity index (χ2v) is 9.57. The van der Waals surface area contributed by atoms with Gasteiger partial charge in [0.05, 0.1) is 11.9 Å². The molecular formula is C25H26N4O2S. The molecule has 2 aromatic heterocycles. The highest BCUT2D eigenvalue weighted by atomic mass is 32.1. The molecule has 0 spiro atoms. The number of aromatic amines is 1. The largest absolute Gasteiger partial charge is 0.508 e. The fraction of sp³-hybridized carbons (Fsp3) is 0.280. The predicted molar refractivity (Wildman–Crippen MR) is 131 cm³/mol. The van der Waals surface area contributed by atoms with Crippen LogP contribution in [0.4, 0.5) is 5.69 Å². The summed E-state index contributed by atoms with van der Waals surface area (Å²) in [6, 6.07) is 15.6. The minimum Gasteiger partial charge on any atom is -0.508 e. The minimum atomic E-state index is -0.0624. The fourth-order valence-corrected chi connectivity index (χ4v) is 5.41. The third-order valence-electron chi connectivity index (χ3n) is 6.09. The normalized spacial score (nSPS) is 14.9. The van der Waals surface area contributed by atoms with E-state index < -0.39 is 0 Å². The Hall–Kier alpha value is -3.16. The van der Waals surface area contributed by atoms with Crippen molar-refractivity contribution in [2.75, 3.05) is 31.1 Å². The summed E-state index contributed by atoms with van der Waals surface area (Å²) in [7, 11) is 0. The lowest BCUT2D eigenvalue weighted by Crippen LogP contribution is -2.46. The number of H-pyrrole nitrogens is 1. The van der Waals surface area contributed by atoms with Crippen LogP contribution in [0.5, 0.6) is 5.75 Å². The summed E-state index contributed by atoms with van der Waals surface area (Å²) >= 11 is 1.59. The Morgan fingerprint density at radius 3 is 2.38 bits per heavy atom. The van der Waals surface area contributed by atoms with Gasteiger partial charge in [-0.2, -0.15) is 0 Å². The molecule has 7 heteroatoms. The summed E-state index contributed by atoms with van der Waals surface area (Å²) in [6.07, 6.45) is 0. The molecule has 0 bridgehead atoms. The van der Waals surface area contributed by atoms with Crippen LogP contribution < -0.4 is 10.5 Å². The van der Waals surface area contributed by atoms with Gasteiger partial charge in [-0.15, -0.1) is 11.3 Å². The lowest BCUT2D eigenvalue weighted by Gasteiger charge is -2.35. The number of hydrogen-bond donors (Lipinski definition) is 2. The molecule has 3 heterocycles. The highest BCUT2D eigenvalue weighted by Gasteiger charge is 2.20. The predicted octanol–water partition coefficient (Wildman–Crippen LogP) is 4.30. The third-order valence-corrected chi connectivity index (χ3v) is 7.09. The molecule has 0 radical (unpaired) electrons. The van der Waals surface area contributed by atoms with E-state index >= 15 is 0 Å². The highest BCUT2D eigenvalue weighted by Crippen LogP contribution is 2.35.